The van der Waals surface area contributed by atoms with Crippen LogP contribution in [0.3, 0.4) is 0 Å². The molecule has 2 amide bonds. The van der Waals surface area contributed by atoms with Gasteiger partial charge in [0.1, 0.15) is 6.04 Å². The second-order valence-electron chi connectivity index (χ2n) is 7.23. The van der Waals surface area contributed by atoms with Crippen molar-refractivity contribution in [2.24, 2.45) is 0 Å². The van der Waals surface area contributed by atoms with E-state index in [2.05, 4.69) is 5.32 Å². The molecule has 0 spiro atoms. The lowest BCUT2D eigenvalue weighted by atomic mass is 10.1. The Morgan fingerprint density at radius 1 is 1.07 bits per heavy atom. The number of carbonyl (C=O) groups is 2. The van der Waals surface area contributed by atoms with Crippen LogP contribution in [0.2, 0.25) is 10.0 Å². The highest BCUT2D eigenvalue weighted by molar-refractivity contribution is 6.35. The van der Waals surface area contributed by atoms with Gasteiger partial charge < -0.3 is 10.2 Å². The molecule has 156 valence electrons. The van der Waals surface area contributed by atoms with Gasteiger partial charge in [0.05, 0.1) is 6.42 Å². The molecule has 0 heterocycles. The average Bonchev–Trinajstić information content (AvgIpc) is 2.70. The standard InChI is InChI=1S/C23H28Cl2N2O2/c1-4-16(2)26-23(29)17(3)27(13-12-18-8-6-5-7-9-18)22(28)14-19-10-11-20(24)15-21(19)25/h5-11,15-17H,4,12-14H2,1-3H3,(H,26,29)/t16-,17+/m0/s1. The molecule has 29 heavy (non-hydrogen) atoms. The lowest BCUT2D eigenvalue weighted by molar-refractivity contribution is -0.139. The van der Waals surface area contributed by atoms with Crippen molar-refractivity contribution < 1.29 is 9.59 Å². The Labute approximate surface area is 183 Å². The van der Waals surface area contributed by atoms with Gasteiger partial charge in [-0.3, -0.25) is 9.59 Å². The van der Waals surface area contributed by atoms with Crippen molar-refractivity contribution in [1.29, 1.82) is 0 Å². The van der Waals surface area contributed by atoms with Gasteiger partial charge in [-0.2, -0.15) is 0 Å². The van der Waals surface area contributed by atoms with E-state index in [0.717, 1.165) is 12.0 Å². The summed E-state index contributed by atoms with van der Waals surface area (Å²) in [6.45, 7) is 6.18. The predicted octanol–water partition coefficient (Wildman–Crippen LogP) is 4.91. The van der Waals surface area contributed by atoms with Crippen LogP contribution in [0.1, 0.15) is 38.3 Å². The molecule has 4 nitrogen and oxygen atoms in total. The van der Waals surface area contributed by atoms with Crippen LogP contribution >= 0.6 is 23.2 Å². The summed E-state index contributed by atoms with van der Waals surface area (Å²) in [6, 6.07) is 14.5. The Balaban J connectivity index is 2.17. The summed E-state index contributed by atoms with van der Waals surface area (Å²) < 4.78 is 0. The van der Waals surface area contributed by atoms with Crippen molar-refractivity contribution >= 4 is 35.0 Å². The van der Waals surface area contributed by atoms with Crippen molar-refractivity contribution in [2.75, 3.05) is 6.54 Å². The van der Waals surface area contributed by atoms with Crippen molar-refractivity contribution in [1.82, 2.24) is 10.2 Å². The second-order valence-corrected chi connectivity index (χ2v) is 8.07. The first kappa shape index (κ1) is 23.2. The Morgan fingerprint density at radius 2 is 1.76 bits per heavy atom. The van der Waals surface area contributed by atoms with Crippen molar-refractivity contribution in [2.45, 2.75) is 52.1 Å². The molecule has 0 fully saturated rings. The summed E-state index contributed by atoms with van der Waals surface area (Å²) in [5, 5.41) is 3.94. The largest absolute Gasteiger partial charge is 0.352 e. The van der Waals surface area contributed by atoms with Crippen LogP contribution in [-0.2, 0) is 22.4 Å². The molecule has 0 aliphatic rings. The fourth-order valence-electron chi connectivity index (χ4n) is 2.97. The normalized spacial score (nSPS) is 12.9. The molecule has 6 heteroatoms. The van der Waals surface area contributed by atoms with Gasteiger partial charge in [0, 0.05) is 22.6 Å². The number of halogens is 2. The molecule has 0 aliphatic heterocycles. The van der Waals surface area contributed by atoms with E-state index in [0.29, 0.717) is 28.6 Å². The zero-order chi connectivity index (χ0) is 21.4. The molecular formula is C23H28Cl2N2O2. The number of carbonyl (C=O) groups excluding carboxylic acids is 2. The molecule has 0 aromatic heterocycles. The third kappa shape index (κ3) is 7.06. The minimum atomic E-state index is -0.578. The van der Waals surface area contributed by atoms with Gasteiger partial charge >= 0.3 is 0 Å². The number of nitrogens with zero attached hydrogens (tertiary/aromatic N) is 1. The quantitative estimate of drug-likeness (QED) is 0.609. The van der Waals surface area contributed by atoms with Crippen LogP contribution in [0.25, 0.3) is 0 Å². The van der Waals surface area contributed by atoms with Crippen LogP contribution in [0.15, 0.2) is 48.5 Å². The van der Waals surface area contributed by atoms with E-state index in [-0.39, 0.29) is 24.3 Å². The maximum absolute atomic E-state index is 13.1. The fourth-order valence-corrected chi connectivity index (χ4v) is 3.44. The van der Waals surface area contributed by atoms with E-state index in [4.69, 9.17) is 23.2 Å². The van der Waals surface area contributed by atoms with E-state index >= 15 is 0 Å². The molecule has 1 N–H and O–H groups in total. The van der Waals surface area contributed by atoms with E-state index < -0.39 is 6.04 Å². The topological polar surface area (TPSA) is 49.4 Å². The number of hydrogen-bond acceptors (Lipinski definition) is 2. The average molecular weight is 435 g/mol. The highest BCUT2D eigenvalue weighted by Gasteiger charge is 2.26. The first-order valence-corrected chi connectivity index (χ1v) is 10.6. The summed E-state index contributed by atoms with van der Waals surface area (Å²) in [5.41, 5.74) is 1.81. The molecule has 0 saturated carbocycles. The monoisotopic (exact) mass is 434 g/mol. The summed E-state index contributed by atoms with van der Waals surface area (Å²) in [4.78, 5) is 27.4. The summed E-state index contributed by atoms with van der Waals surface area (Å²) in [7, 11) is 0. The number of nitrogens with one attached hydrogen (secondary N) is 1. The van der Waals surface area contributed by atoms with E-state index in [1.807, 2.05) is 44.2 Å². The zero-order valence-electron chi connectivity index (χ0n) is 17.1. The number of rotatable bonds is 9. The van der Waals surface area contributed by atoms with Crippen LogP contribution in [0.4, 0.5) is 0 Å². The van der Waals surface area contributed by atoms with Gasteiger partial charge in [-0.05, 0) is 49.9 Å². The van der Waals surface area contributed by atoms with Crippen molar-refractivity contribution in [3.8, 4) is 0 Å². The molecule has 0 aliphatic carbocycles. The lowest BCUT2D eigenvalue weighted by Gasteiger charge is -2.30. The molecule has 2 aromatic carbocycles. The van der Waals surface area contributed by atoms with Crippen LogP contribution in [0, 0.1) is 0 Å². The second kappa shape index (κ2) is 11.2. The SMILES string of the molecule is CC[C@H](C)NC(=O)[C@@H](C)N(CCc1ccccc1)C(=O)Cc1ccc(Cl)cc1Cl. The minimum absolute atomic E-state index is 0.0572. The molecular weight excluding hydrogens is 407 g/mol. The van der Waals surface area contributed by atoms with Crippen LogP contribution in [0.5, 0.6) is 0 Å². The highest BCUT2D eigenvalue weighted by Crippen LogP contribution is 2.22. The molecule has 0 unspecified atom stereocenters. The Hall–Kier alpha value is -2.04. The van der Waals surface area contributed by atoms with Gasteiger partial charge in [0.15, 0.2) is 0 Å². The van der Waals surface area contributed by atoms with E-state index in [1.54, 1.807) is 30.0 Å². The lowest BCUT2D eigenvalue weighted by Crippen LogP contribution is -2.50. The van der Waals surface area contributed by atoms with E-state index in [1.165, 1.54) is 0 Å². The number of amides is 2. The summed E-state index contributed by atoms with van der Waals surface area (Å²) >= 11 is 12.2. The maximum Gasteiger partial charge on any atom is 0.242 e. The summed E-state index contributed by atoms with van der Waals surface area (Å²) in [5.74, 6) is -0.292. The molecule has 2 atom stereocenters. The molecule has 0 saturated heterocycles. The van der Waals surface area contributed by atoms with Gasteiger partial charge in [0.25, 0.3) is 0 Å². The maximum atomic E-state index is 13.1. The predicted molar refractivity (Wildman–Crippen MR) is 119 cm³/mol. The van der Waals surface area contributed by atoms with Crippen LogP contribution in [-0.4, -0.2) is 35.3 Å². The number of benzene rings is 2. The summed E-state index contributed by atoms with van der Waals surface area (Å²) in [6.07, 6.45) is 1.62. The van der Waals surface area contributed by atoms with Crippen molar-refractivity contribution in [3.05, 3.63) is 69.7 Å². The number of hydrogen-bond donors (Lipinski definition) is 1. The first-order chi connectivity index (χ1) is 13.8. The van der Waals surface area contributed by atoms with Crippen LogP contribution < -0.4 is 5.32 Å². The van der Waals surface area contributed by atoms with E-state index in [9.17, 15) is 9.59 Å². The molecule has 0 bridgehead atoms. The van der Waals surface area contributed by atoms with Gasteiger partial charge in [-0.15, -0.1) is 0 Å². The first-order valence-electron chi connectivity index (χ1n) is 9.89. The minimum Gasteiger partial charge on any atom is -0.352 e. The molecule has 2 rings (SSSR count). The Morgan fingerprint density at radius 3 is 2.38 bits per heavy atom. The van der Waals surface area contributed by atoms with Gasteiger partial charge in [-0.25, -0.2) is 0 Å². The molecule has 2 aromatic rings. The van der Waals surface area contributed by atoms with Gasteiger partial charge in [-0.1, -0.05) is 66.5 Å². The highest BCUT2D eigenvalue weighted by atomic mass is 35.5. The Kier molecular flexibility index (Phi) is 8.99. The third-order valence-corrected chi connectivity index (χ3v) is 5.60. The Bertz CT molecular complexity index is 827. The smallest absolute Gasteiger partial charge is 0.242 e. The third-order valence-electron chi connectivity index (χ3n) is 5.01. The van der Waals surface area contributed by atoms with Gasteiger partial charge in [0.2, 0.25) is 11.8 Å². The fraction of sp³-hybridized carbons (Fsp3) is 0.391. The molecule has 0 radical (unpaired) electrons. The van der Waals surface area contributed by atoms with Crippen molar-refractivity contribution in [3.63, 3.8) is 0 Å². The zero-order valence-corrected chi connectivity index (χ0v) is 18.6.